The lowest BCUT2D eigenvalue weighted by Gasteiger charge is -2.00. The summed E-state index contributed by atoms with van der Waals surface area (Å²) in [6, 6.07) is 0. The van der Waals surface area contributed by atoms with Gasteiger partial charge in [-0.1, -0.05) is 38.6 Å². The average molecular weight is 158 g/mol. The maximum Gasteiger partial charge on any atom is 0.0702 e. The summed E-state index contributed by atoms with van der Waals surface area (Å²) in [6.07, 6.45) is 6.11. The van der Waals surface area contributed by atoms with Gasteiger partial charge in [0.1, 0.15) is 0 Å². The molecule has 2 heteroatoms. The molecule has 0 N–H and O–H groups in total. The Labute approximate surface area is 70.3 Å². The summed E-state index contributed by atoms with van der Waals surface area (Å²) in [4.78, 5) is 5.05. The lowest BCUT2D eigenvalue weighted by atomic mass is 10.2. The molecule has 1 radical (unpaired) electrons. The average Bonchev–Trinajstić information content (AvgIpc) is 2.03. The van der Waals surface area contributed by atoms with Crippen LogP contribution in [0.15, 0.2) is 0 Å². The lowest BCUT2D eigenvalue weighted by molar-refractivity contribution is 0.0307. The van der Waals surface area contributed by atoms with Crippen molar-refractivity contribution in [2.24, 2.45) is 0 Å². The smallest absolute Gasteiger partial charge is 0.0702 e. The highest BCUT2D eigenvalue weighted by Crippen LogP contribution is 1.97. The number of unbranched alkanes of at least 4 members (excludes halogenated alkanes) is 3. The Hall–Kier alpha value is -0.0800. The number of hydrogen-bond acceptors (Lipinski definition) is 1. The topological polar surface area (TPSA) is 23.3 Å². The van der Waals surface area contributed by atoms with Crippen LogP contribution in [0.5, 0.6) is 0 Å². The van der Waals surface area contributed by atoms with Gasteiger partial charge < -0.3 is 0 Å². The summed E-state index contributed by atoms with van der Waals surface area (Å²) in [5.41, 5.74) is 3.89. The number of hydroxylamine groups is 1. The molecule has 0 saturated carbocycles. The first-order chi connectivity index (χ1) is 5.41. The summed E-state index contributed by atoms with van der Waals surface area (Å²) < 4.78 is 0. The predicted octanol–water partition coefficient (Wildman–Crippen LogP) is 2.51. The second-order valence-corrected chi connectivity index (χ2v) is 2.75. The zero-order valence-corrected chi connectivity index (χ0v) is 7.81. The van der Waals surface area contributed by atoms with Crippen molar-refractivity contribution in [1.29, 1.82) is 0 Å². The molecule has 67 valence electrons. The highest BCUT2D eigenvalue weighted by Gasteiger charge is 1.88. The molecular formula is C9H20NO. The molecule has 0 bridgehead atoms. The van der Waals surface area contributed by atoms with Gasteiger partial charge in [0.05, 0.1) is 6.61 Å². The van der Waals surface area contributed by atoms with Crippen LogP contribution in [0.4, 0.5) is 0 Å². The molecule has 0 heterocycles. The van der Waals surface area contributed by atoms with Crippen molar-refractivity contribution in [3.8, 4) is 0 Å². The molecule has 0 spiro atoms. The third kappa shape index (κ3) is 9.92. The molecule has 0 aromatic carbocycles. The maximum atomic E-state index is 5.05. The van der Waals surface area contributed by atoms with Crippen molar-refractivity contribution in [3.05, 3.63) is 0 Å². The molecule has 0 rings (SSSR count). The number of hydrogen-bond donors (Lipinski definition) is 0. The third-order valence-corrected chi connectivity index (χ3v) is 1.50. The molecule has 0 saturated heterocycles. The molecule has 2 nitrogen and oxygen atoms in total. The van der Waals surface area contributed by atoms with Crippen molar-refractivity contribution in [1.82, 2.24) is 5.48 Å². The van der Waals surface area contributed by atoms with Gasteiger partial charge in [-0.15, -0.1) is 0 Å². The van der Waals surface area contributed by atoms with Crippen LogP contribution in [0, 0.1) is 0 Å². The highest BCUT2D eigenvalue weighted by atomic mass is 16.6. The van der Waals surface area contributed by atoms with E-state index in [9.17, 15) is 0 Å². The Morgan fingerprint density at radius 1 is 1.00 bits per heavy atom. The van der Waals surface area contributed by atoms with Gasteiger partial charge in [-0.3, -0.25) is 4.84 Å². The summed E-state index contributed by atoms with van der Waals surface area (Å²) >= 11 is 0. The van der Waals surface area contributed by atoms with Gasteiger partial charge in [0.15, 0.2) is 0 Å². The summed E-state index contributed by atoms with van der Waals surface area (Å²) in [5, 5.41) is 0. The Bertz CT molecular complexity index is 58.6. The Kier molecular flexibility index (Phi) is 9.85. The van der Waals surface area contributed by atoms with Crippen LogP contribution >= 0.6 is 0 Å². The van der Waals surface area contributed by atoms with E-state index in [0.717, 1.165) is 26.0 Å². The van der Waals surface area contributed by atoms with E-state index >= 15 is 0 Å². The van der Waals surface area contributed by atoms with E-state index in [0.29, 0.717) is 0 Å². The normalized spacial score (nSPS) is 10.4. The van der Waals surface area contributed by atoms with E-state index < -0.39 is 0 Å². The van der Waals surface area contributed by atoms with Crippen molar-refractivity contribution in [2.75, 3.05) is 13.2 Å². The van der Waals surface area contributed by atoms with Crippen LogP contribution in [0.3, 0.4) is 0 Å². The van der Waals surface area contributed by atoms with Crippen molar-refractivity contribution >= 4 is 0 Å². The summed E-state index contributed by atoms with van der Waals surface area (Å²) in [5.74, 6) is 0. The Morgan fingerprint density at radius 2 is 1.82 bits per heavy atom. The van der Waals surface area contributed by atoms with Crippen LogP contribution in [-0.4, -0.2) is 13.2 Å². The maximum absolute atomic E-state index is 5.05. The molecule has 11 heavy (non-hydrogen) atoms. The van der Waals surface area contributed by atoms with E-state index in [-0.39, 0.29) is 0 Å². The zero-order valence-electron chi connectivity index (χ0n) is 7.81. The Balaban J connectivity index is 2.69. The molecule has 0 aliphatic heterocycles. The summed E-state index contributed by atoms with van der Waals surface area (Å²) in [6.45, 7) is 5.96. The molecule has 0 fully saturated rings. The molecule has 0 atom stereocenters. The predicted molar refractivity (Wildman–Crippen MR) is 47.4 cm³/mol. The zero-order chi connectivity index (χ0) is 8.36. The molecule has 0 amide bonds. The quantitative estimate of drug-likeness (QED) is 0.393. The van der Waals surface area contributed by atoms with Gasteiger partial charge in [0.2, 0.25) is 0 Å². The molecule has 0 aromatic rings. The Morgan fingerprint density at radius 3 is 2.45 bits per heavy atom. The fourth-order valence-electron chi connectivity index (χ4n) is 0.814. The molecule has 0 aromatic heterocycles. The van der Waals surface area contributed by atoms with Crippen molar-refractivity contribution in [3.63, 3.8) is 0 Å². The van der Waals surface area contributed by atoms with Crippen LogP contribution in [0.25, 0.3) is 0 Å². The van der Waals surface area contributed by atoms with E-state index in [4.69, 9.17) is 4.84 Å². The largest absolute Gasteiger partial charge is 0.282 e. The molecule has 0 unspecified atom stereocenters. The van der Waals surface area contributed by atoms with Gasteiger partial charge >= 0.3 is 0 Å². The third-order valence-electron chi connectivity index (χ3n) is 1.50. The van der Waals surface area contributed by atoms with Crippen LogP contribution in [0.1, 0.15) is 46.0 Å². The fraction of sp³-hybridized carbons (Fsp3) is 1.00. The van der Waals surface area contributed by atoms with Crippen LogP contribution in [0.2, 0.25) is 0 Å². The minimum absolute atomic E-state index is 0.806. The second-order valence-electron chi connectivity index (χ2n) is 2.75. The lowest BCUT2D eigenvalue weighted by Crippen LogP contribution is -2.07. The van der Waals surface area contributed by atoms with Gasteiger partial charge in [-0.05, 0) is 12.8 Å². The van der Waals surface area contributed by atoms with Gasteiger partial charge in [0, 0.05) is 6.54 Å². The first-order valence-electron chi connectivity index (χ1n) is 4.70. The van der Waals surface area contributed by atoms with Crippen molar-refractivity contribution < 1.29 is 4.84 Å². The van der Waals surface area contributed by atoms with Gasteiger partial charge in [-0.25, -0.2) is 0 Å². The number of rotatable bonds is 8. The van der Waals surface area contributed by atoms with Crippen LogP contribution < -0.4 is 5.48 Å². The minimum Gasteiger partial charge on any atom is -0.282 e. The van der Waals surface area contributed by atoms with Crippen LogP contribution in [-0.2, 0) is 4.84 Å². The number of nitrogens with zero attached hydrogens (tertiary/aromatic N) is 1. The SMILES string of the molecule is CCCCCCO[N]CCC. The fourth-order valence-corrected chi connectivity index (χ4v) is 0.814. The van der Waals surface area contributed by atoms with E-state index in [1.165, 1.54) is 19.3 Å². The molecule has 0 aliphatic carbocycles. The molecular weight excluding hydrogens is 138 g/mol. The van der Waals surface area contributed by atoms with E-state index in [1.54, 1.807) is 0 Å². The van der Waals surface area contributed by atoms with Gasteiger partial charge in [-0.2, -0.15) is 0 Å². The first-order valence-corrected chi connectivity index (χ1v) is 4.70. The minimum atomic E-state index is 0.806. The van der Waals surface area contributed by atoms with Crippen molar-refractivity contribution in [2.45, 2.75) is 46.0 Å². The van der Waals surface area contributed by atoms with Gasteiger partial charge in [0.25, 0.3) is 0 Å². The highest BCUT2D eigenvalue weighted by molar-refractivity contribution is 4.38. The first kappa shape index (κ1) is 10.9. The monoisotopic (exact) mass is 158 g/mol. The second kappa shape index (κ2) is 9.92. The standard InChI is InChI=1S/C9H20NO/c1-3-5-6-7-9-11-10-8-4-2/h3-9H2,1-2H3. The summed E-state index contributed by atoms with van der Waals surface area (Å²) in [7, 11) is 0. The molecule has 0 aliphatic rings. The van der Waals surface area contributed by atoms with E-state index in [2.05, 4.69) is 19.3 Å². The van der Waals surface area contributed by atoms with E-state index in [1.807, 2.05) is 0 Å².